The Balaban J connectivity index is 2.44. The zero-order chi connectivity index (χ0) is 17.1. The molecule has 0 saturated heterocycles. The van der Waals surface area contributed by atoms with Crippen LogP contribution in [0.25, 0.3) is 10.9 Å². The third-order valence-corrected chi connectivity index (χ3v) is 3.85. The number of hydrogen-bond acceptors (Lipinski definition) is 3. The normalized spacial score (nSPS) is 13.5. The van der Waals surface area contributed by atoms with Gasteiger partial charge in [-0.25, -0.2) is 9.59 Å². The van der Waals surface area contributed by atoms with E-state index in [9.17, 15) is 14.7 Å². The molecule has 0 saturated carbocycles. The standard InChI is InChI=1S/C16H17ClN2O4/c1-18(2)14(12(16(22)23)8-15(20)21)9-19-6-5-10-3-4-11(17)7-13(10)19/h3-8,14H,9H2,1-2H3,(H,20,21)(H,22,23)/b12-8-. The summed E-state index contributed by atoms with van der Waals surface area (Å²) in [6.07, 6.45) is 2.57. The van der Waals surface area contributed by atoms with Crippen molar-refractivity contribution in [3.05, 3.63) is 47.1 Å². The SMILES string of the molecule is CN(C)C(Cn1ccc2ccc(Cl)cc21)/C(=C/C(=O)O)C(=O)O. The van der Waals surface area contributed by atoms with Gasteiger partial charge >= 0.3 is 11.9 Å². The highest BCUT2D eigenvalue weighted by molar-refractivity contribution is 6.31. The van der Waals surface area contributed by atoms with Crippen LogP contribution in [0.5, 0.6) is 0 Å². The average Bonchev–Trinajstić information content (AvgIpc) is 2.84. The number of aliphatic carboxylic acids is 2. The monoisotopic (exact) mass is 336 g/mol. The molecule has 2 N–H and O–H groups in total. The van der Waals surface area contributed by atoms with E-state index in [0.29, 0.717) is 11.6 Å². The number of halogens is 1. The fourth-order valence-corrected chi connectivity index (χ4v) is 2.64. The Morgan fingerprint density at radius 2 is 2.00 bits per heavy atom. The van der Waals surface area contributed by atoms with Gasteiger partial charge in [-0.3, -0.25) is 0 Å². The molecule has 0 fully saturated rings. The number of carbonyl (C=O) groups is 2. The van der Waals surface area contributed by atoms with Gasteiger partial charge in [-0.2, -0.15) is 0 Å². The minimum atomic E-state index is -1.28. The lowest BCUT2D eigenvalue weighted by molar-refractivity contribution is -0.135. The number of rotatable bonds is 6. The van der Waals surface area contributed by atoms with Gasteiger partial charge in [0.05, 0.1) is 11.6 Å². The van der Waals surface area contributed by atoms with Crippen molar-refractivity contribution < 1.29 is 19.8 Å². The molecule has 6 nitrogen and oxygen atoms in total. The van der Waals surface area contributed by atoms with Crippen LogP contribution in [0.4, 0.5) is 0 Å². The molecule has 2 rings (SSSR count). The van der Waals surface area contributed by atoms with E-state index in [-0.39, 0.29) is 5.57 Å². The Hall–Kier alpha value is -2.31. The molecule has 0 bridgehead atoms. The van der Waals surface area contributed by atoms with E-state index in [1.165, 1.54) is 0 Å². The van der Waals surface area contributed by atoms with Crippen molar-refractivity contribution in [3.8, 4) is 0 Å². The Labute approximate surface area is 138 Å². The molecular formula is C16H17ClN2O4. The van der Waals surface area contributed by atoms with Gasteiger partial charge in [-0.05, 0) is 37.7 Å². The van der Waals surface area contributed by atoms with Crippen LogP contribution in [0.1, 0.15) is 0 Å². The molecule has 1 aromatic carbocycles. The summed E-state index contributed by atoms with van der Waals surface area (Å²) in [5.41, 5.74) is 0.691. The maximum Gasteiger partial charge on any atom is 0.333 e. The number of nitrogens with zero attached hydrogens (tertiary/aromatic N) is 2. The van der Waals surface area contributed by atoms with Gasteiger partial charge in [-0.1, -0.05) is 17.7 Å². The van der Waals surface area contributed by atoms with E-state index in [2.05, 4.69) is 0 Å². The highest BCUT2D eigenvalue weighted by Crippen LogP contribution is 2.22. The van der Waals surface area contributed by atoms with Crippen LogP contribution in [-0.2, 0) is 16.1 Å². The number of likely N-dealkylation sites (N-methyl/N-ethyl adjacent to an activating group) is 1. The van der Waals surface area contributed by atoms with Crippen molar-refractivity contribution in [1.29, 1.82) is 0 Å². The fraction of sp³-hybridized carbons (Fsp3) is 0.250. The van der Waals surface area contributed by atoms with Crippen molar-refractivity contribution >= 4 is 34.4 Å². The molecule has 0 aliphatic carbocycles. The fourth-order valence-electron chi connectivity index (χ4n) is 2.48. The van der Waals surface area contributed by atoms with Crippen LogP contribution in [0, 0.1) is 0 Å². The summed E-state index contributed by atoms with van der Waals surface area (Å²) in [7, 11) is 3.42. The molecule has 1 heterocycles. The number of fused-ring (bicyclic) bond motifs is 1. The van der Waals surface area contributed by atoms with Crippen molar-refractivity contribution in [1.82, 2.24) is 9.47 Å². The highest BCUT2D eigenvalue weighted by atomic mass is 35.5. The van der Waals surface area contributed by atoms with Crippen molar-refractivity contribution in [2.45, 2.75) is 12.6 Å². The zero-order valence-electron chi connectivity index (χ0n) is 12.7. The summed E-state index contributed by atoms with van der Waals surface area (Å²) >= 11 is 6.02. The Morgan fingerprint density at radius 3 is 2.57 bits per heavy atom. The molecule has 1 aromatic heterocycles. The van der Waals surface area contributed by atoms with E-state index >= 15 is 0 Å². The van der Waals surface area contributed by atoms with Crippen LogP contribution in [-0.4, -0.2) is 51.8 Å². The minimum absolute atomic E-state index is 0.175. The number of carboxylic acid groups (broad SMARTS) is 2. The maximum atomic E-state index is 11.4. The molecule has 0 radical (unpaired) electrons. The first-order chi connectivity index (χ1) is 10.8. The van der Waals surface area contributed by atoms with Gasteiger partial charge in [0.15, 0.2) is 0 Å². The minimum Gasteiger partial charge on any atom is -0.478 e. The first kappa shape index (κ1) is 17.1. The highest BCUT2D eigenvalue weighted by Gasteiger charge is 2.24. The molecule has 0 aliphatic heterocycles. The zero-order valence-corrected chi connectivity index (χ0v) is 13.5. The number of hydrogen-bond donors (Lipinski definition) is 2. The summed E-state index contributed by atoms with van der Waals surface area (Å²) in [6, 6.07) is 6.76. The molecule has 1 atom stereocenters. The van der Waals surface area contributed by atoms with Crippen LogP contribution in [0.3, 0.4) is 0 Å². The lowest BCUT2D eigenvalue weighted by Crippen LogP contribution is -2.37. The summed E-state index contributed by atoms with van der Waals surface area (Å²) in [5, 5.41) is 19.8. The van der Waals surface area contributed by atoms with E-state index in [1.807, 2.05) is 22.9 Å². The topological polar surface area (TPSA) is 82.8 Å². The molecule has 122 valence electrons. The first-order valence-electron chi connectivity index (χ1n) is 6.88. The molecule has 0 aliphatic rings. The van der Waals surface area contributed by atoms with Gasteiger partial charge in [-0.15, -0.1) is 0 Å². The van der Waals surface area contributed by atoms with Gasteiger partial charge in [0.1, 0.15) is 0 Å². The predicted octanol–water partition coefficient (Wildman–Crippen LogP) is 2.32. The second-order valence-corrected chi connectivity index (χ2v) is 5.83. The predicted molar refractivity (Wildman–Crippen MR) is 87.8 cm³/mol. The Morgan fingerprint density at radius 1 is 1.30 bits per heavy atom. The van der Waals surface area contributed by atoms with Gasteiger partial charge < -0.3 is 19.7 Å². The molecule has 1 unspecified atom stereocenters. The largest absolute Gasteiger partial charge is 0.478 e. The molecule has 2 aromatic rings. The summed E-state index contributed by atoms with van der Waals surface area (Å²) in [5.74, 6) is -2.53. The van der Waals surface area contributed by atoms with Crippen LogP contribution < -0.4 is 0 Å². The van der Waals surface area contributed by atoms with Crippen LogP contribution in [0.2, 0.25) is 5.02 Å². The Bertz CT molecular complexity index is 779. The van der Waals surface area contributed by atoms with E-state index < -0.39 is 18.0 Å². The molecular weight excluding hydrogens is 320 g/mol. The van der Waals surface area contributed by atoms with Gasteiger partial charge in [0, 0.05) is 29.4 Å². The summed E-state index contributed by atoms with van der Waals surface area (Å²) in [6.45, 7) is 0.294. The third kappa shape index (κ3) is 3.91. The van der Waals surface area contributed by atoms with Crippen LogP contribution in [0.15, 0.2) is 42.1 Å². The van der Waals surface area contributed by atoms with E-state index in [0.717, 1.165) is 17.0 Å². The molecule has 23 heavy (non-hydrogen) atoms. The quantitative estimate of drug-likeness (QED) is 0.791. The second kappa shape index (κ2) is 6.85. The summed E-state index contributed by atoms with van der Waals surface area (Å²) in [4.78, 5) is 24.0. The average molecular weight is 337 g/mol. The van der Waals surface area contributed by atoms with E-state index in [4.69, 9.17) is 16.7 Å². The third-order valence-electron chi connectivity index (χ3n) is 3.61. The second-order valence-electron chi connectivity index (χ2n) is 5.39. The van der Waals surface area contributed by atoms with Crippen molar-refractivity contribution in [3.63, 3.8) is 0 Å². The van der Waals surface area contributed by atoms with Crippen molar-refractivity contribution in [2.75, 3.05) is 14.1 Å². The van der Waals surface area contributed by atoms with Gasteiger partial charge in [0.2, 0.25) is 0 Å². The number of benzene rings is 1. The van der Waals surface area contributed by atoms with E-state index in [1.54, 1.807) is 31.1 Å². The maximum absolute atomic E-state index is 11.4. The smallest absolute Gasteiger partial charge is 0.333 e. The number of carboxylic acids is 2. The molecule has 7 heteroatoms. The molecule has 0 amide bonds. The lowest BCUT2D eigenvalue weighted by Gasteiger charge is -2.25. The van der Waals surface area contributed by atoms with Crippen LogP contribution >= 0.6 is 11.6 Å². The molecule has 0 spiro atoms. The summed E-state index contributed by atoms with van der Waals surface area (Å²) < 4.78 is 1.87. The Kier molecular flexibility index (Phi) is 5.08. The van der Waals surface area contributed by atoms with Crippen molar-refractivity contribution in [2.24, 2.45) is 0 Å². The first-order valence-corrected chi connectivity index (χ1v) is 7.26. The number of aromatic nitrogens is 1. The lowest BCUT2D eigenvalue weighted by atomic mass is 10.1. The van der Waals surface area contributed by atoms with Gasteiger partial charge in [0.25, 0.3) is 0 Å².